The van der Waals surface area contributed by atoms with Crippen molar-refractivity contribution in [2.75, 3.05) is 14.2 Å². The topological polar surface area (TPSA) is 78.6 Å². The summed E-state index contributed by atoms with van der Waals surface area (Å²) in [6.07, 6.45) is 4.59. The molecule has 1 unspecified atom stereocenters. The molecule has 30 heavy (non-hydrogen) atoms. The van der Waals surface area contributed by atoms with Crippen LogP contribution in [0, 0.1) is 0 Å². The van der Waals surface area contributed by atoms with Crippen molar-refractivity contribution in [3.05, 3.63) is 65.7 Å². The highest BCUT2D eigenvalue weighted by molar-refractivity contribution is 5.76. The van der Waals surface area contributed by atoms with Crippen molar-refractivity contribution in [3.63, 3.8) is 0 Å². The molecule has 2 heterocycles. The van der Waals surface area contributed by atoms with Crippen LogP contribution in [-0.4, -0.2) is 39.7 Å². The molecule has 1 aliphatic heterocycles. The van der Waals surface area contributed by atoms with E-state index in [0.29, 0.717) is 22.8 Å². The normalized spacial score (nSPS) is 16.0. The fraction of sp³-hybridized carbons (Fsp3) is 0.304. The number of para-hydroxylation sites is 1. The molecule has 1 aliphatic rings. The van der Waals surface area contributed by atoms with E-state index in [1.807, 2.05) is 50.3 Å². The molecule has 0 saturated carbocycles. The van der Waals surface area contributed by atoms with E-state index in [4.69, 9.17) is 14.2 Å². The zero-order valence-electron chi connectivity index (χ0n) is 17.5. The second kappa shape index (κ2) is 7.84. The molecule has 0 radical (unpaired) electrons. The van der Waals surface area contributed by atoms with Gasteiger partial charge in [-0.1, -0.05) is 18.2 Å². The van der Waals surface area contributed by atoms with Crippen LogP contribution < -0.4 is 14.2 Å². The van der Waals surface area contributed by atoms with Gasteiger partial charge in [0.1, 0.15) is 30.1 Å². The molecule has 3 aromatic rings. The van der Waals surface area contributed by atoms with Gasteiger partial charge in [-0.2, -0.15) is 5.10 Å². The predicted molar refractivity (Wildman–Crippen MR) is 114 cm³/mol. The van der Waals surface area contributed by atoms with E-state index in [-0.39, 0.29) is 5.60 Å². The lowest BCUT2D eigenvalue weighted by Gasteiger charge is -2.19. The molecule has 156 valence electrons. The van der Waals surface area contributed by atoms with Gasteiger partial charge in [-0.05, 0) is 43.7 Å². The zero-order valence-corrected chi connectivity index (χ0v) is 17.5. The molecule has 1 N–H and O–H groups in total. The Labute approximate surface area is 175 Å². The first-order valence-electron chi connectivity index (χ1n) is 9.69. The molecule has 1 atom stereocenters. The second-order valence-electron chi connectivity index (χ2n) is 7.80. The highest BCUT2D eigenvalue weighted by Gasteiger charge is 2.34. The van der Waals surface area contributed by atoms with Crippen molar-refractivity contribution in [1.82, 2.24) is 14.8 Å². The van der Waals surface area contributed by atoms with Crippen LogP contribution in [0.2, 0.25) is 0 Å². The first-order valence-corrected chi connectivity index (χ1v) is 9.69. The number of nitrogens with zero attached hydrogens (tertiary/aromatic N) is 3. The number of benzene rings is 2. The van der Waals surface area contributed by atoms with Crippen LogP contribution in [-0.2, 0) is 6.42 Å². The Hall–Kier alpha value is -3.32. The average molecular weight is 407 g/mol. The Morgan fingerprint density at radius 2 is 1.97 bits per heavy atom. The van der Waals surface area contributed by atoms with Crippen LogP contribution in [0.4, 0.5) is 0 Å². The van der Waals surface area contributed by atoms with Crippen LogP contribution >= 0.6 is 0 Å². The maximum atomic E-state index is 11.4. The molecule has 0 fully saturated rings. The number of aromatic nitrogens is 3. The maximum absolute atomic E-state index is 11.4. The third kappa shape index (κ3) is 3.76. The lowest BCUT2D eigenvalue weighted by molar-refractivity contribution is 0.134. The summed E-state index contributed by atoms with van der Waals surface area (Å²) in [7, 11) is 3.22. The van der Waals surface area contributed by atoms with E-state index in [9.17, 15) is 5.11 Å². The van der Waals surface area contributed by atoms with Gasteiger partial charge in [0.25, 0.3) is 0 Å². The largest absolute Gasteiger partial charge is 0.496 e. The molecule has 0 spiro atoms. The molecule has 2 aromatic carbocycles. The Bertz CT molecular complexity index is 1070. The third-order valence-corrected chi connectivity index (χ3v) is 5.09. The minimum atomic E-state index is -0.973. The van der Waals surface area contributed by atoms with Crippen LogP contribution in [0.5, 0.6) is 17.2 Å². The molecule has 7 nitrogen and oxygen atoms in total. The van der Waals surface area contributed by atoms with Gasteiger partial charge < -0.3 is 19.3 Å². The molecule has 0 bridgehead atoms. The van der Waals surface area contributed by atoms with Crippen LogP contribution in [0.25, 0.3) is 11.8 Å². The van der Waals surface area contributed by atoms with Gasteiger partial charge in [-0.3, -0.25) is 0 Å². The van der Waals surface area contributed by atoms with Gasteiger partial charge >= 0.3 is 0 Å². The quantitative estimate of drug-likeness (QED) is 0.671. The van der Waals surface area contributed by atoms with Gasteiger partial charge in [-0.25, -0.2) is 9.67 Å². The Kier molecular flexibility index (Phi) is 5.22. The van der Waals surface area contributed by atoms with Crippen molar-refractivity contribution >= 4 is 11.8 Å². The highest BCUT2D eigenvalue weighted by Crippen LogP contribution is 2.44. The second-order valence-corrected chi connectivity index (χ2v) is 7.80. The lowest BCUT2D eigenvalue weighted by Crippen LogP contribution is -2.24. The highest BCUT2D eigenvalue weighted by atomic mass is 16.5. The van der Waals surface area contributed by atoms with E-state index in [2.05, 4.69) is 10.1 Å². The van der Waals surface area contributed by atoms with Gasteiger partial charge in [0.2, 0.25) is 0 Å². The van der Waals surface area contributed by atoms with Crippen LogP contribution in [0.15, 0.2) is 49.1 Å². The van der Waals surface area contributed by atoms with E-state index in [1.54, 1.807) is 31.3 Å². The van der Waals surface area contributed by atoms with E-state index >= 15 is 0 Å². The fourth-order valence-corrected chi connectivity index (χ4v) is 3.74. The summed E-state index contributed by atoms with van der Waals surface area (Å²) in [4.78, 5) is 4.04. The maximum Gasteiger partial charge on any atom is 0.165 e. The van der Waals surface area contributed by atoms with E-state index < -0.39 is 6.10 Å². The van der Waals surface area contributed by atoms with Crippen molar-refractivity contribution in [1.29, 1.82) is 0 Å². The molecule has 7 heteroatoms. The van der Waals surface area contributed by atoms with E-state index in [0.717, 1.165) is 23.3 Å². The lowest BCUT2D eigenvalue weighted by atomic mass is 9.96. The molecule has 0 aliphatic carbocycles. The van der Waals surface area contributed by atoms with Crippen molar-refractivity contribution < 1.29 is 19.3 Å². The molecule has 1 aromatic heterocycles. The Morgan fingerprint density at radius 1 is 1.20 bits per heavy atom. The van der Waals surface area contributed by atoms with Gasteiger partial charge in [0.15, 0.2) is 11.5 Å². The smallest absolute Gasteiger partial charge is 0.165 e. The Morgan fingerprint density at radius 3 is 2.67 bits per heavy atom. The van der Waals surface area contributed by atoms with Gasteiger partial charge in [0.05, 0.1) is 19.9 Å². The number of hydrogen-bond acceptors (Lipinski definition) is 6. The molecule has 4 rings (SSSR count). The average Bonchev–Trinajstić information content (AvgIpc) is 3.37. The number of ether oxygens (including phenoxy) is 3. The predicted octanol–water partition coefficient (Wildman–Crippen LogP) is 3.74. The zero-order chi connectivity index (χ0) is 21.3. The minimum absolute atomic E-state index is 0.318. The summed E-state index contributed by atoms with van der Waals surface area (Å²) in [5.41, 5.74) is 2.73. The van der Waals surface area contributed by atoms with Crippen molar-refractivity contribution in [2.24, 2.45) is 0 Å². The number of aliphatic hydroxyl groups excluding tert-OH is 1. The monoisotopic (exact) mass is 407 g/mol. The van der Waals surface area contributed by atoms with Crippen molar-refractivity contribution in [2.45, 2.75) is 32.0 Å². The summed E-state index contributed by atoms with van der Waals surface area (Å²) >= 11 is 0. The first-order chi connectivity index (χ1) is 14.4. The summed E-state index contributed by atoms with van der Waals surface area (Å²) < 4.78 is 18.6. The van der Waals surface area contributed by atoms with Gasteiger partial charge in [-0.15, -0.1) is 0 Å². The van der Waals surface area contributed by atoms with E-state index in [1.165, 1.54) is 6.33 Å². The SMILES string of the molecule is COc1ccccc1C=C(C(O)c1cc2c(c(OC)c1)OC(C)(C)C2)n1cncn1. The first kappa shape index (κ1) is 20.0. The summed E-state index contributed by atoms with van der Waals surface area (Å²) in [5, 5.41) is 15.6. The molecular formula is C23H25N3O4. The summed E-state index contributed by atoms with van der Waals surface area (Å²) in [5.74, 6) is 2.03. The number of rotatable bonds is 6. The van der Waals surface area contributed by atoms with Crippen LogP contribution in [0.1, 0.15) is 36.6 Å². The summed E-state index contributed by atoms with van der Waals surface area (Å²) in [6.45, 7) is 4.07. The molecule has 0 saturated heterocycles. The molecule has 0 amide bonds. The minimum Gasteiger partial charge on any atom is -0.496 e. The number of fused-ring (bicyclic) bond motifs is 1. The van der Waals surface area contributed by atoms with Crippen LogP contribution in [0.3, 0.4) is 0 Å². The number of aliphatic hydroxyl groups is 1. The van der Waals surface area contributed by atoms with Crippen molar-refractivity contribution in [3.8, 4) is 17.2 Å². The molecular weight excluding hydrogens is 382 g/mol. The number of methoxy groups -OCH3 is 2. The fourth-order valence-electron chi connectivity index (χ4n) is 3.74. The van der Waals surface area contributed by atoms with Gasteiger partial charge in [0, 0.05) is 17.5 Å². The Balaban J connectivity index is 1.81. The third-order valence-electron chi connectivity index (χ3n) is 5.09. The summed E-state index contributed by atoms with van der Waals surface area (Å²) in [6, 6.07) is 11.4. The standard InChI is InChI=1S/C23H25N3O4/c1-23(2)12-17-9-16(11-20(29-4)22(17)30-23)21(27)18(26-14-24-13-25-26)10-15-7-5-6-8-19(15)28-3/h5-11,13-14,21,27H,12H2,1-4H3. The number of hydrogen-bond donors (Lipinski definition) is 1.